The maximum absolute atomic E-state index is 6.19. The van der Waals surface area contributed by atoms with Crippen molar-refractivity contribution in [2.45, 2.75) is 46.0 Å². The third-order valence-corrected chi connectivity index (χ3v) is 4.66. The molecule has 0 radical (unpaired) electrons. The predicted molar refractivity (Wildman–Crippen MR) is 102 cm³/mol. The maximum atomic E-state index is 6.19. The molecule has 1 heterocycles. The van der Waals surface area contributed by atoms with E-state index in [4.69, 9.17) is 10.5 Å². The van der Waals surface area contributed by atoms with Crippen molar-refractivity contribution >= 4 is 11.5 Å². The third kappa shape index (κ3) is 4.50. The number of hydrogen-bond donors (Lipinski definition) is 2. The fourth-order valence-corrected chi connectivity index (χ4v) is 2.96. The van der Waals surface area contributed by atoms with Crippen LogP contribution in [-0.4, -0.2) is 16.5 Å². The molecule has 1 aromatic carbocycles. The zero-order chi connectivity index (χ0) is 17.6. The maximum Gasteiger partial charge on any atom is 0.248 e. The number of nitrogens with zero attached hydrogens (tertiary/aromatic N) is 2. The fraction of sp³-hybridized carbons (Fsp3) is 0.400. The first-order valence-electron chi connectivity index (χ1n) is 8.91. The minimum Gasteiger partial charge on any atom is -0.437 e. The molecule has 132 valence electrons. The topological polar surface area (TPSA) is 73.1 Å². The standard InChI is InChI=1S/C20H26N4O/c1-14-8-9-17(12-15(14)2)25-20-18(21)19(23-13-24-20)22-11-10-16-6-4-3-5-7-16/h6,8-9,12-13H,3-5,7,10-11,21H2,1-2H3,(H,22,23,24). The Morgan fingerprint density at radius 2 is 2.04 bits per heavy atom. The molecular weight excluding hydrogens is 312 g/mol. The van der Waals surface area contributed by atoms with Gasteiger partial charge in [-0.2, -0.15) is 4.98 Å². The summed E-state index contributed by atoms with van der Waals surface area (Å²) < 4.78 is 5.85. The van der Waals surface area contributed by atoms with Crippen LogP contribution in [0.2, 0.25) is 0 Å². The molecule has 0 unspecified atom stereocenters. The second-order valence-corrected chi connectivity index (χ2v) is 6.57. The quantitative estimate of drug-likeness (QED) is 0.742. The Morgan fingerprint density at radius 1 is 1.16 bits per heavy atom. The molecule has 0 aliphatic heterocycles. The van der Waals surface area contributed by atoms with Crippen LogP contribution in [0.5, 0.6) is 11.6 Å². The summed E-state index contributed by atoms with van der Waals surface area (Å²) in [5, 5.41) is 3.31. The lowest BCUT2D eigenvalue weighted by Crippen LogP contribution is -2.09. The second-order valence-electron chi connectivity index (χ2n) is 6.57. The Morgan fingerprint density at radius 3 is 2.80 bits per heavy atom. The molecule has 0 saturated carbocycles. The highest BCUT2D eigenvalue weighted by atomic mass is 16.5. The van der Waals surface area contributed by atoms with E-state index in [0.29, 0.717) is 17.4 Å². The van der Waals surface area contributed by atoms with Crippen molar-refractivity contribution in [1.82, 2.24) is 9.97 Å². The molecule has 0 bridgehead atoms. The molecule has 5 heteroatoms. The summed E-state index contributed by atoms with van der Waals surface area (Å²) in [6, 6.07) is 5.94. The average molecular weight is 338 g/mol. The number of aryl methyl sites for hydroxylation is 2. The highest BCUT2D eigenvalue weighted by Crippen LogP contribution is 2.30. The van der Waals surface area contributed by atoms with E-state index in [1.165, 1.54) is 48.7 Å². The number of rotatable bonds is 6. The van der Waals surface area contributed by atoms with Crippen LogP contribution in [0.3, 0.4) is 0 Å². The molecule has 5 nitrogen and oxygen atoms in total. The van der Waals surface area contributed by atoms with Gasteiger partial charge in [0.25, 0.3) is 0 Å². The number of allylic oxidation sites excluding steroid dienone is 1. The van der Waals surface area contributed by atoms with Crippen LogP contribution < -0.4 is 15.8 Å². The monoisotopic (exact) mass is 338 g/mol. The number of hydrogen-bond acceptors (Lipinski definition) is 5. The molecule has 0 saturated heterocycles. The van der Waals surface area contributed by atoms with Crippen molar-refractivity contribution < 1.29 is 4.74 Å². The van der Waals surface area contributed by atoms with E-state index in [2.05, 4.69) is 35.2 Å². The van der Waals surface area contributed by atoms with Crippen LogP contribution in [0.25, 0.3) is 0 Å². The smallest absolute Gasteiger partial charge is 0.248 e. The number of nitrogen functional groups attached to an aromatic ring is 1. The Hall–Kier alpha value is -2.56. The minimum absolute atomic E-state index is 0.387. The van der Waals surface area contributed by atoms with Crippen molar-refractivity contribution in [2.75, 3.05) is 17.6 Å². The van der Waals surface area contributed by atoms with Gasteiger partial charge in [-0.25, -0.2) is 4.98 Å². The molecule has 25 heavy (non-hydrogen) atoms. The van der Waals surface area contributed by atoms with E-state index in [0.717, 1.165) is 18.7 Å². The summed E-state index contributed by atoms with van der Waals surface area (Å²) in [5.41, 5.74) is 10.6. The fourth-order valence-electron chi connectivity index (χ4n) is 2.96. The van der Waals surface area contributed by atoms with Gasteiger partial charge >= 0.3 is 0 Å². The Bertz CT molecular complexity index is 770. The lowest BCUT2D eigenvalue weighted by Gasteiger charge is -2.15. The summed E-state index contributed by atoms with van der Waals surface area (Å²) >= 11 is 0. The Kier molecular flexibility index (Phi) is 5.53. The van der Waals surface area contributed by atoms with Crippen LogP contribution in [0, 0.1) is 13.8 Å². The molecular formula is C20H26N4O. The van der Waals surface area contributed by atoms with Gasteiger partial charge in [0.15, 0.2) is 5.82 Å². The van der Waals surface area contributed by atoms with Crippen LogP contribution >= 0.6 is 0 Å². The molecule has 2 aromatic rings. The molecule has 0 fully saturated rings. The number of aromatic nitrogens is 2. The molecule has 0 atom stereocenters. The van der Waals surface area contributed by atoms with Crippen molar-refractivity contribution in [3.05, 3.63) is 47.3 Å². The van der Waals surface area contributed by atoms with Gasteiger partial charge in [0, 0.05) is 6.54 Å². The van der Waals surface area contributed by atoms with Gasteiger partial charge in [0.2, 0.25) is 5.88 Å². The molecule has 3 rings (SSSR count). The zero-order valence-corrected chi connectivity index (χ0v) is 15.0. The third-order valence-electron chi connectivity index (χ3n) is 4.66. The Labute approximate surface area is 149 Å². The number of ether oxygens (including phenoxy) is 1. The van der Waals surface area contributed by atoms with E-state index in [1.54, 1.807) is 0 Å². The molecule has 0 amide bonds. The molecule has 1 aliphatic rings. The summed E-state index contributed by atoms with van der Waals surface area (Å²) in [7, 11) is 0. The lowest BCUT2D eigenvalue weighted by molar-refractivity contribution is 0.464. The van der Waals surface area contributed by atoms with Crippen molar-refractivity contribution in [1.29, 1.82) is 0 Å². The molecule has 0 spiro atoms. The molecule has 1 aliphatic carbocycles. The number of nitrogens with two attached hydrogens (primary N) is 1. The minimum atomic E-state index is 0.387. The van der Waals surface area contributed by atoms with E-state index in [1.807, 2.05) is 18.2 Å². The first-order chi connectivity index (χ1) is 12.1. The van der Waals surface area contributed by atoms with Crippen LogP contribution in [-0.2, 0) is 0 Å². The Balaban J connectivity index is 1.64. The van der Waals surface area contributed by atoms with Crippen LogP contribution in [0.4, 0.5) is 11.5 Å². The van der Waals surface area contributed by atoms with Gasteiger partial charge in [0.05, 0.1) is 0 Å². The van der Waals surface area contributed by atoms with Gasteiger partial charge in [-0.1, -0.05) is 17.7 Å². The molecule has 1 aromatic heterocycles. The SMILES string of the molecule is Cc1ccc(Oc2ncnc(NCCC3=CCCCC3)c2N)cc1C. The summed E-state index contributed by atoms with van der Waals surface area (Å²) in [6.45, 7) is 4.94. The van der Waals surface area contributed by atoms with E-state index in [9.17, 15) is 0 Å². The van der Waals surface area contributed by atoms with Gasteiger partial charge in [-0.05, 0) is 69.2 Å². The summed E-state index contributed by atoms with van der Waals surface area (Å²) in [4.78, 5) is 8.42. The largest absolute Gasteiger partial charge is 0.437 e. The van der Waals surface area contributed by atoms with E-state index >= 15 is 0 Å². The van der Waals surface area contributed by atoms with E-state index in [-0.39, 0.29) is 0 Å². The average Bonchev–Trinajstić information content (AvgIpc) is 2.62. The number of anilines is 2. The van der Waals surface area contributed by atoms with E-state index < -0.39 is 0 Å². The highest BCUT2D eigenvalue weighted by Gasteiger charge is 2.11. The lowest BCUT2D eigenvalue weighted by atomic mass is 9.97. The van der Waals surface area contributed by atoms with Gasteiger partial charge in [0.1, 0.15) is 17.8 Å². The normalized spacial score (nSPS) is 14.1. The number of nitrogens with one attached hydrogen (secondary N) is 1. The van der Waals surface area contributed by atoms with Crippen molar-refractivity contribution in [3.8, 4) is 11.6 Å². The predicted octanol–water partition coefficient (Wildman–Crippen LogP) is 4.77. The molecule has 3 N–H and O–H groups in total. The van der Waals surface area contributed by atoms with Gasteiger partial charge in [-0.15, -0.1) is 0 Å². The first-order valence-corrected chi connectivity index (χ1v) is 8.91. The summed E-state index contributed by atoms with van der Waals surface area (Å²) in [6.07, 6.45) is 9.90. The van der Waals surface area contributed by atoms with Crippen molar-refractivity contribution in [3.63, 3.8) is 0 Å². The second kappa shape index (κ2) is 8.01. The van der Waals surface area contributed by atoms with Gasteiger partial charge < -0.3 is 15.8 Å². The van der Waals surface area contributed by atoms with Crippen LogP contribution in [0.1, 0.15) is 43.2 Å². The van der Waals surface area contributed by atoms with Crippen molar-refractivity contribution in [2.24, 2.45) is 0 Å². The van der Waals surface area contributed by atoms with Gasteiger partial charge in [-0.3, -0.25) is 0 Å². The highest BCUT2D eigenvalue weighted by molar-refractivity contribution is 5.67. The summed E-state index contributed by atoms with van der Waals surface area (Å²) in [5.74, 6) is 1.75. The first kappa shape index (κ1) is 17.3. The van der Waals surface area contributed by atoms with Crippen LogP contribution in [0.15, 0.2) is 36.2 Å². The zero-order valence-electron chi connectivity index (χ0n) is 15.0. The number of benzene rings is 1.